The number of urea groups is 1. The van der Waals surface area contributed by atoms with Crippen molar-refractivity contribution in [1.82, 2.24) is 20.4 Å². The van der Waals surface area contributed by atoms with Crippen molar-refractivity contribution in [1.29, 1.82) is 0 Å². The van der Waals surface area contributed by atoms with Crippen LogP contribution in [-0.2, 0) is 13.6 Å². The minimum Gasteiger partial charge on any atom is -0.489 e. The van der Waals surface area contributed by atoms with E-state index >= 15 is 0 Å². The lowest BCUT2D eigenvalue weighted by molar-refractivity contribution is 0.231. The molecule has 2 aromatic rings. The molecule has 1 atom stereocenters. The Hall–Kier alpha value is -1.92. The third-order valence-corrected chi connectivity index (χ3v) is 5.47. The molecule has 8 heteroatoms. The Morgan fingerprint density at radius 3 is 2.92 bits per heavy atom. The number of nitrogens with one attached hydrogen (secondary N) is 2. The Labute approximate surface area is 155 Å². The molecule has 2 aliphatic rings. The van der Waals surface area contributed by atoms with Gasteiger partial charge in [-0.1, -0.05) is 29.3 Å². The van der Waals surface area contributed by atoms with Crippen LogP contribution in [0.4, 0.5) is 4.79 Å². The van der Waals surface area contributed by atoms with E-state index in [1.165, 1.54) is 18.4 Å². The van der Waals surface area contributed by atoms with Crippen LogP contribution in [0.15, 0.2) is 18.3 Å². The lowest BCUT2D eigenvalue weighted by Gasteiger charge is -2.14. The molecule has 1 aliphatic carbocycles. The number of carbonyl (C=O) groups excluding carboxylic acids is 1. The van der Waals surface area contributed by atoms with Crippen LogP contribution >= 0.6 is 23.2 Å². The monoisotopic (exact) mass is 380 g/mol. The van der Waals surface area contributed by atoms with Gasteiger partial charge in [-0.2, -0.15) is 5.10 Å². The molecule has 0 bridgehead atoms. The first-order chi connectivity index (χ1) is 12.0. The van der Waals surface area contributed by atoms with E-state index < -0.39 is 0 Å². The molecule has 1 aromatic heterocycles. The zero-order valence-corrected chi connectivity index (χ0v) is 15.2. The largest absolute Gasteiger partial charge is 0.489 e. The average Bonchev–Trinajstić information content (AvgIpc) is 3.25. The zero-order valence-electron chi connectivity index (χ0n) is 13.7. The van der Waals surface area contributed by atoms with Gasteiger partial charge in [-0.3, -0.25) is 4.68 Å². The first-order valence-electron chi connectivity index (χ1n) is 8.20. The standard InChI is InChI=1S/C17H18Cl2N4O2/c1-23-14(11(6-21-23)9-2-3-9)7-20-17(24)22-13-8-25-16-10(13)4-5-12(18)15(16)19/h4-6,9,13H,2-3,7-8H2,1H3,(H2,20,22,24). The molecule has 0 saturated heterocycles. The van der Waals surface area contributed by atoms with E-state index in [-0.39, 0.29) is 12.1 Å². The Bertz CT molecular complexity index is 832. The summed E-state index contributed by atoms with van der Waals surface area (Å²) in [5, 5.41) is 11.0. The number of amides is 2. The second kappa shape index (κ2) is 6.42. The van der Waals surface area contributed by atoms with E-state index in [1.807, 2.05) is 24.0 Å². The summed E-state index contributed by atoms with van der Waals surface area (Å²) in [5.74, 6) is 1.14. The zero-order chi connectivity index (χ0) is 17.6. The van der Waals surface area contributed by atoms with Gasteiger partial charge in [0.05, 0.1) is 29.5 Å². The topological polar surface area (TPSA) is 68.2 Å². The molecule has 1 saturated carbocycles. The van der Waals surface area contributed by atoms with Crippen molar-refractivity contribution in [3.05, 3.63) is 45.2 Å². The molecule has 2 N–H and O–H groups in total. The van der Waals surface area contributed by atoms with Crippen LogP contribution in [0.3, 0.4) is 0 Å². The number of ether oxygens (including phenoxy) is 1. The Balaban J connectivity index is 1.40. The van der Waals surface area contributed by atoms with Crippen LogP contribution in [0.25, 0.3) is 0 Å². The molecule has 0 spiro atoms. The molecule has 1 aromatic carbocycles. The summed E-state index contributed by atoms with van der Waals surface area (Å²) in [6, 6.07) is 3.03. The Morgan fingerprint density at radius 2 is 2.16 bits per heavy atom. The number of hydrogen-bond donors (Lipinski definition) is 2. The number of aromatic nitrogens is 2. The Morgan fingerprint density at radius 1 is 1.36 bits per heavy atom. The average molecular weight is 381 g/mol. The van der Waals surface area contributed by atoms with E-state index in [4.69, 9.17) is 27.9 Å². The summed E-state index contributed by atoms with van der Waals surface area (Å²) in [6.07, 6.45) is 4.30. The number of hydrogen-bond acceptors (Lipinski definition) is 3. The van der Waals surface area contributed by atoms with Crippen molar-refractivity contribution in [2.75, 3.05) is 6.61 Å². The molecule has 25 heavy (non-hydrogen) atoms. The van der Waals surface area contributed by atoms with Crippen LogP contribution in [0.2, 0.25) is 10.0 Å². The summed E-state index contributed by atoms with van der Waals surface area (Å²) >= 11 is 12.1. The quantitative estimate of drug-likeness (QED) is 0.852. The van der Waals surface area contributed by atoms with Gasteiger partial charge in [-0.15, -0.1) is 0 Å². The van der Waals surface area contributed by atoms with Crippen LogP contribution in [0.1, 0.15) is 41.6 Å². The first-order valence-corrected chi connectivity index (χ1v) is 8.96. The van der Waals surface area contributed by atoms with Crippen molar-refractivity contribution in [3.8, 4) is 5.75 Å². The summed E-state index contributed by atoms with van der Waals surface area (Å²) in [6.45, 7) is 0.776. The van der Waals surface area contributed by atoms with Crippen molar-refractivity contribution in [2.24, 2.45) is 7.05 Å². The molecule has 6 nitrogen and oxygen atoms in total. The van der Waals surface area contributed by atoms with Crippen molar-refractivity contribution < 1.29 is 9.53 Å². The van der Waals surface area contributed by atoms with E-state index in [0.29, 0.717) is 34.9 Å². The summed E-state index contributed by atoms with van der Waals surface area (Å²) < 4.78 is 7.40. The third-order valence-electron chi connectivity index (χ3n) is 4.68. The molecule has 4 rings (SSSR count). The van der Waals surface area contributed by atoms with E-state index in [0.717, 1.165) is 11.3 Å². The lowest BCUT2D eigenvalue weighted by atomic mass is 10.1. The van der Waals surface area contributed by atoms with Crippen molar-refractivity contribution in [2.45, 2.75) is 31.3 Å². The highest BCUT2D eigenvalue weighted by atomic mass is 35.5. The van der Waals surface area contributed by atoms with Gasteiger partial charge in [0.15, 0.2) is 0 Å². The fraction of sp³-hybridized carbons (Fsp3) is 0.412. The summed E-state index contributed by atoms with van der Waals surface area (Å²) in [5.41, 5.74) is 3.12. The highest BCUT2D eigenvalue weighted by Gasteiger charge is 2.30. The van der Waals surface area contributed by atoms with Gasteiger partial charge >= 0.3 is 6.03 Å². The molecule has 0 radical (unpaired) electrons. The van der Waals surface area contributed by atoms with Gasteiger partial charge in [0.1, 0.15) is 17.4 Å². The number of nitrogens with zero attached hydrogens (tertiary/aromatic N) is 2. The maximum absolute atomic E-state index is 12.3. The molecule has 132 valence electrons. The van der Waals surface area contributed by atoms with Crippen molar-refractivity contribution >= 4 is 29.2 Å². The van der Waals surface area contributed by atoms with Crippen LogP contribution in [-0.4, -0.2) is 22.4 Å². The highest BCUT2D eigenvalue weighted by molar-refractivity contribution is 6.43. The number of fused-ring (bicyclic) bond motifs is 1. The van der Waals surface area contributed by atoms with Gasteiger partial charge in [0.25, 0.3) is 0 Å². The van der Waals surface area contributed by atoms with Gasteiger partial charge in [0, 0.05) is 12.6 Å². The second-order valence-corrected chi connectivity index (χ2v) is 7.20. The smallest absolute Gasteiger partial charge is 0.315 e. The highest BCUT2D eigenvalue weighted by Crippen LogP contribution is 2.42. The van der Waals surface area contributed by atoms with Crippen molar-refractivity contribution in [3.63, 3.8) is 0 Å². The molecule has 2 heterocycles. The number of halogens is 2. The first kappa shape index (κ1) is 16.5. The minimum atomic E-state index is -0.254. The minimum absolute atomic E-state index is 0.251. The number of aryl methyl sites for hydroxylation is 1. The molecular formula is C17H18Cl2N4O2. The van der Waals surface area contributed by atoms with E-state index in [2.05, 4.69) is 15.7 Å². The van der Waals surface area contributed by atoms with Crippen LogP contribution in [0, 0.1) is 0 Å². The SMILES string of the molecule is Cn1ncc(C2CC2)c1CNC(=O)NC1COc2c1ccc(Cl)c2Cl. The predicted molar refractivity (Wildman–Crippen MR) is 95.3 cm³/mol. The molecule has 1 fully saturated rings. The van der Waals surface area contributed by atoms with Gasteiger partial charge in [-0.25, -0.2) is 4.79 Å². The molecular weight excluding hydrogens is 363 g/mol. The molecule has 1 unspecified atom stereocenters. The third kappa shape index (κ3) is 3.16. The normalized spacial score (nSPS) is 18.6. The summed E-state index contributed by atoms with van der Waals surface area (Å²) in [7, 11) is 1.90. The fourth-order valence-corrected chi connectivity index (χ4v) is 3.52. The van der Waals surface area contributed by atoms with E-state index in [9.17, 15) is 4.79 Å². The fourth-order valence-electron chi connectivity index (χ4n) is 3.15. The van der Waals surface area contributed by atoms with E-state index in [1.54, 1.807) is 6.07 Å². The maximum atomic E-state index is 12.3. The van der Waals surface area contributed by atoms with Gasteiger partial charge in [-0.05, 0) is 30.4 Å². The molecule has 1 aliphatic heterocycles. The summed E-state index contributed by atoms with van der Waals surface area (Å²) in [4.78, 5) is 12.3. The molecule has 2 amide bonds. The van der Waals surface area contributed by atoms with Crippen LogP contribution in [0.5, 0.6) is 5.75 Å². The second-order valence-electron chi connectivity index (χ2n) is 6.41. The number of carbonyl (C=O) groups is 1. The van der Waals surface area contributed by atoms with Gasteiger partial charge in [0.2, 0.25) is 0 Å². The van der Waals surface area contributed by atoms with Gasteiger partial charge < -0.3 is 15.4 Å². The Kier molecular flexibility index (Phi) is 4.25. The number of benzene rings is 1. The predicted octanol–water partition coefficient (Wildman–Crippen LogP) is 3.54. The lowest BCUT2D eigenvalue weighted by Crippen LogP contribution is -2.38. The maximum Gasteiger partial charge on any atom is 0.315 e. The number of rotatable bonds is 4. The van der Waals surface area contributed by atoms with Crippen LogP contribution < -0.4 is 15.4 Å².